The summed E-state index contributed by atoms with van der Waals surface area (Å²) in [5, 5.41) is 2.97. The Labute approximate surface area is 155 Å². The van der Waals surface area contributed by atoms with Crippen molar-refractivity contribution >= 4 is 11.9 Å². The summed E-state index contributed by atoms with van der Waals surface area (Å²) in [6.07, 6.45) is 0.808. The summed E-state index contributed by atoms with van der Waals surface area (Å²) in [7, 11) is 0. The zero-order valence-electron chi connectivity index (χ0n) is 15.6. The minimum atomic E-state index is -0.139. The largest absolute Gasteiger partial charge is 0.350 e. The molecule has 0 spiro atoms. The first-order valence-corrected chi connectivity index (χ1v) is 9.31. The number of aromatic nitrogens is 2. The summed E-state index contributed by atoms with van der Waals surface area (Å²) in [6.45, 7) is 9.55. The van der Waals surface area contributed by atoms with Gasteiger partial charge in [-0.3, -0.25) is 4.79 Å². The molecule has 26 heavy (non-hydrogen) atoms. The van der Waals surface area contributed by atoms with Gasteiger partial charge in [0.05, 0.1) is 0 Å². The molecule has 0 aliphatic carbocycles. The second-order valence-electron chi connectivity index (χ2n) is 6.61. The predicted molar refractivity (Wildman–Crippen MR) is 104 cm³/mol. The van der Waals surface area contributed by atoms with E-state index < -0.39 is 0 Å². The highest BCUT2D eigenvalue weighted by atomic mass is 16.1. The van der Waals surface area contributed by atoms with Crippen molar-refractivity contribution in [3.05, 3.63) is 53.3 Å². The van der Waals surface area contributed by atoms with Crippen LogP contribution in [0, 0.1) is 6.92 Å². The fourth-order valence-corrected chi connectivity index (χ4v) is 3.13. The highest BCUT2D eigenvalue weighted by molar-refractivity contribution is 5.92. The standard InChI is InChI=1S/C20H27N5O/c1-3-24-11-13-25(14-12-24)20-22-16(2)15-18(23-20)19(26)21-10-9-17-7-5-4-6-8-17/h4-8,15H,3,9-14H2,1-2H3,(H,21,26). The molecule has 0 unspecified atom stereocenters. The molecule has 2 aromatic rings. The molecule has 0 atom stereocenters. The van der Waals surface area contributed by atoms with Gasteiger partial charge in [-0.05, 0) is 31.5 Å². The SMILES string of the molecule is CCN1CCN(c2nc(C)cc(C(=O)NCCc3ccccc3)n2)CC1. The Hall–Kier alpha value is -2.47. The fraction of sp³-hybridized carbons (Fsp3) is 0.450. The monoisotopic (exact) mass is 353 g/mol. The lowest BCUT2D eigenvalue weighted by atomic mass is 10.1. The van der Waals surface area contributed by atoms with Gasteiger partial charge in [-0.2, -0.15) is 0 Å². The van der Waals surface area contributed by atoms with Crippen molar-refractivity contribution in [2.24, 2.45) is 0 Å². The van der Waals surface area contributed by atoms with Gasteiger partial charge in [0, 0.05) is 38.4 Å². The number of benzene rings is 1. The average Bonchev–Trinajstić information content (AvgIpc) is 2.68. The fourth-order valence-electron chi connectivity index (χ4n) is 3.13. The number of hydrogen-bond acceptors (Lipinski definition) is 5. The number of carbonyl (C=O) groups excluding carboxylic acids is 1. The van der Waals surface area contributed by atoms with Crippen LogP contribution in [0.4, 0.5) is 5.95 Å². The van der Waals surface area contributed by atoms with E-state index in [2.05, 4.69) is 44.1 Å². The molecule has 6 heteroatoms. The second kappa shape index (κ2) is 8.76. The Kier molecular flexibility index (Phi) is 6.17. The third-order valence-corrected chi connectivity index (χ3v) is 4.72. The Bertz CT molecular complexity index is 726. The van der Waals surface area contributed by atoms with Crippen LogP contribution in [0.25, 0.3) is 0 Å². The lowest BCUT2D eigenvalue weighted by molar-refractivity contribution is 0.0949. The van der Waals surface area contributed by atoms with E-state index in [4.69, 9.17) is 0 Å². The van der Waals surface area contributed by atoms with E-state index in [1.807, 2.05) is 25.1 Å². The minimum absolute atomic E-state index is 0.139. The number of hydrogen-bond donors (Lipinski definition) is 1. The van der Waals surface area contributed by atoms with Crippen LogP contribution in [0.1, 0.15) is 28.7 Å². The van der Waals surface area contributed by atoms with Crippen LogP contribution in [0.5, 0.6) is 0 Å². The Morgan fingerprint density at radius 1 is 1.12 bits per heavy atom. The van der Waals surface area contributed by atoms with Crippen molar-refractivity contribution in [3.8, 4) is 0 Å². The first kappa shape index (κ1) is 18.3. The molecule has 1 aliphatic rings. The Balaban J connectivity index is 1.60. The molecule has 0 radical (unpaired) electrons. The van der Waals surface area contributed by atoms with E-state index in [1.54, 1.807) is 6.07 Å². The van der Waals surface area contributed by atoms with Gasteiger partial charge < -0.3 is 15.1 Å². The summed E-state index contributed by atoms with van der Waals surface area (Å²) in [4.78, 5) is 26.1. The number of likely N-dealkylation sites (N-methyl/N-ethyl adjacent to an activating group) is 1. The van der Waals surface area contributed by atoms with Crippen molar-refractivity contribution in [2.75, 3.05) is 44.2 Å². The molecular formula is C20H27N5O. The molecule has 2 heterocycles. The number of nitrogens with zero attached hydrogens (tertiary/aromatic N) is 4. The van der Waals surface area contributed by atoms with E-state index in [0.717, 1.165) is 44.8 Å². The van der Waals surface area contributed by atoms with Crippen molar-refractivity contribution in [2.45, 2.75) is 20.3 Å². The second-order valence-corrected chi connectivity index (χ2v) is 6.61. The summed E-state index contributed by atoms with van der Waals surface area (Å²) >= 11 is 0. The number of aryl methyl sites for hydroxylation is 1. The molecule has 0 saturated carbocycles. The summed E-state index contributed by atoms with van der Waals surface area (Å²) in [5.41, 5.74) is 2.47. The zero-order valence-corrected chi connectivity index (χ0v) is 15.6. The third kappa shape index (κ3) is 4.79. The highest BCUT2D eigenvalue weighted by Crippen LogP contribution is 2.13. The summed E-state index contributed by atoms with van der Waals surface area (Å²) in [6, 6.07) is 11.9. The molecule has 138 valence electrons. The molecule has 1 aliphatic heterocycles. The zero-order chi connectivity index (χ0) is 18.4. The molecule has 1 aromatic heterocycles. The van der Waals surface area contributed by atoms with E-state index >= 15 is 0 Å². The van der Waals surface area contributed by atoms with Gasteiger partial charge in [0.15, 0.2) is 0 Å². The predicted octanol–water partition coefficient (Wildman–Crippen LogP) is 1.90. The molecule has 1 amide bonds. The maximum Gasteiger partial charge on any atom is 0.270 e. The van der Waals surface area contributed by atoms with Gasteiger partial charge in [-0.25, -0.2) is 9.97 Å². The third-order valence-electron chi connectivity index (χ3n) is 4.72. The lowest BCUT2D eigenvalue weighted by Gasteiger charge is -2.34. The first-order valence-electron chi connectivity index (χ1n) is 9.31. The van der Waals surface area contributed by atoms with E-state index in [9.17, 15) is 4.79 Å². The maximum absolute atomic E-state index is 12.5. The smallest absolute Gasteiger partial charge is 0.270 e. The molecule has 1 fully saturated rings. The molecule has 1 N–H and O–H groups in total. The van der Waals surface area contributed by atoms with Crippen LogP contribution in [0.15, 0.2) is 36.4 Å². The minimum Gasteiger partial charge on any atom is -0.350 e. The number of carbonyl (C=O) groups is 1. The molecule has 3 rings (SSSR count). The molecule has 1 aromatic carbocycles. The van der Waals surface area contributed by atoms with Crippen LogP contribution in [0.3, 0.4) is 0 Å². The Morgan fingerprint density at radius 2 is 1.85 bits per heavy atom. The topological polar surface area (TPSA) is 61.4 Å². The van der Waals surface area contributed by atoms with Crippen LogP contribution in [0.2, 0.25) is 0 Å². The number of amides is 1. The normalized spacial score (nSPS) is 15.1. The van der Waals surface area contributed by atoms with Crippen LogP contribution in [-0.2, 0) is 6.42 Å². The van der Waals surface area contributed by atoms with Crippen LogP contribution < -0.4 is 10.2 Å². The lowest BCUT2D eigenvalue weighted by Crippen LogP contribution is -2.47. The first-order chi connectivity index (χ1) is 12.7. The quantitative estimate of drug-likeness (QED) is 0.859. The molecule has 1 saturated heterocycles. The molecule has 6 nitrogen and oxygen atoms in total. The van der Waals surface area contributed by atoms with Gasteiger partial charge in [-0.1, -0.05) is 37.3 Å². The number of rotatable bonds is 6. The van der Waals surface area contributed by atoms with Crippen LogP contribution in [-0.4, -0.2) is 60.0 Å². The number of nitrogens with one attached hydrogen (secondary N) is 1. The summed E-state index contributed by atoms with van der Waals surface area (Å²) in [5.74, 6) is 0.522. The van der Waals surface area contributed by atoms with Crippen molar-refractivity contribution in [3.63, 3.8) is 0 Å². The van der Waals surface area contributed by atoms with Crippen molar-refractivity contribution < 1.29 is 4.79 Å². The highest BCUT2D eigenvalue weighted by Gasteiger charge is 2.19. The van der Waals surface area contributed by atoms with Crippen molar-refractivity contribution in [1.82, 2.24) is 20.2 Å². The van der Waals surface area contributed by atoms with E-state index in [-0.39, 0.29) is 5.91 Å². The van der Waals surface area contributed by atoms with Gasteiger partial charge >= 0.3 is 0 Å². The number of anilines is 1. The van der Waals surface area contributed by atoms with Crippen LogP contribution >= 0.6 is 0 Å². The van der Waals surface area contributed by atoms with Gasteiger partial charge in [0.25, 0.3) is 5.91 Å². The van der Waals surface area contributed by atoms with Crippen molar-refractivity contribution in [1.29, 1.82) is 0 Å². The average molecular weight is 353 g/mol. The van der Waals surface area contributed by atoms with E-state index in [0.29, 0.717) is 18.2 Å². The maximum atomic E-state index is 12.5. The van der Waals surface area contributed by atoms with E-state index in [1.165, 1.54) is 5.56 Å². The van der Waals surface area contributed by atoms with Gasteiger partial charge in [0.1, 0.15) is 5.69 Å². The molecule has 0 bridgehead atoms. The Morgan fingerprint density at radius 3 is 2.54 bits per heavy atom. The molecular weight excluding hydrogens is 326 g/mol. The number of piperazine rings is 1. The summed E-state index contributed by atoms with van der Waals surface area (Å²) < 4.78 is 0. The van der Waals surface area contributed by atoms with Gasteiger partial charge in [0.2, 0.25) is 5.95 Å². The van der Waals surface area contributed by atoms with Gasteiger partial charge in [-0.15, -0.1) is 0 Å².